The molecule has 0 bridgehead atoms. The Hall–Kier alpha value is -2.94. The van der Waals surface area contributed by atoms with E-state index in [2.05, 4.69) is 109 Å². The Bertz CT molecular complexity index is 871. The van der Waals surface area contributed by atoms with Crippen LogP contribution in [0.1, 0.15) is 0 Å². The van der Waals surface area contributed by atoms with Crippen molar-refractivity contribution in [2.75, 3.05) is 35.8 Å². The van der Waals surface area contributed by atoms with Crippen molar-refractivity contribution in [1.29, 1.82) is 0 Å². The molecule has 24 heavy (non-hydrogen) atoms. The predicted octanol–water partition coefficient (Wildman–Crippen LogP) is 5.30. The highest BCUT2D eigenvalue weighted by molar-refractivity contribution is 6.01. The van der Waals surface area contributed by atoms with E-state index in [0.29, 0.717) is 0 Å². The summed E-state index contributed by atoms with van der Waals surface area (Å²) in [4.78, 5) is 6.81. The molecule has 0 aliphatic carbocycles. The third kappa shape index (κ3) is 2.13. The molecule has 0 fully saturated rings. The zero-order chi connectivity index (χ0) is 16.7. The monoisotopic (exact) mass is 315 g/mol. The maximum absolute atomic E-state index is 2.34. The van der Waals surface area contributed by atoms with E-state index < -0.39 is 0 Å². The second-order valence-electron chi connectivity index (χ2n) is 6.26. The predicted molar refractivity (Wildman–Crippen MR) is 104 cm³/mol. The van der Waals surface area contributed by atoms with Gasteiger partial charge in [0, 0.05) is 26.8 Å². The fraction of sp³-hybridized carbons (Fsp3) is 0.143. The van der Waals surface area contributed by atoms with Gasteiger partial charge in [-0.3, -0.25) is 0 Å². The van der Waals surface area contributed by atoms with Crippen molar-refractivity contribution >= 4 is 34.1 Å². The molecule has 0 spiro atoms. The zero-order valence-electron chi connectivity index (χ0n) is 14.3. The molecule has 0 aromatic heterocycles. The van der Waals surface area contributed by atoms with E-state index in [4.69, 9.17) is 0 Å². The molecule has 3 nitrogen and oxygen atoms in total. The average Bonchev–Trinajstić information content (AvgIpc) is 2.62. The summed E-state index contributed by atoms with van der Waals surface area (Å²) >= 11 is 0. The van der Waals surface area contributed by atoms with Gasteiger partial charge in [-0.2, -0.15) is 0 Å². The van der Waals surface area contributed by atoms with Crippen LogP contribution in [-0.2, 0) is 0 Å². The van der Waals surface area contributed by atoms with Crippen molar-refractivity contribution in [3.8, 4) is 0 Å². The Balaban J connectivity index is 2.03. The molecule has 1 heterocycles. The molecule has 0 amide bonds. The van der Waals surface area contributed by atoms with Gasteiger partial charge in [0.2, 0.25) is 0 Å². The topological polar surface area (TPSA) is 9.72 Å². The third-order valence-electron chi connectivity index (χ3n) is 4.55. The highest BCUT2D eigenvalue weighted by Gasteiger charge is 2.29. The molecule has 0 saturated heterocycles. The minimum absolute atomic E-state index is 1.18. The fourth-order valence-corrected chi connectivity index (χ4v) is 3.45. The van der Waals surface area contributed by atoms with E-state index in [9.17, 15) is 0 Å². The van der Waals surface area contributed by atoms with Gasteiger partial charge in [-0.15, -0.1) is 0 Å². The highest BCUT2D eigenvalue weighted by Crippen LogP contribution is 2.53. The van der Waals surface area contributed by atoms with E-state index in [1.165, 1.54) is 34.1 Å². The first-order valence-electron chi connectivity index (χ1n) is 8.17. The smallest absolute Gasteiger partial charge is 0.0891 e. The lowest BCUT2D eigenvalue weighted by molar-refractivity contribution is 1.08. The van der Waals surface area contributed by atoms with Gasteiger partial charge in [0.15, 0.2) is 0 Å². The van der Waals surface area contributed by atoms with Crippen molar-refractivity contribution < 1.29 is 0 Å². The van der Waals surface area contributed by atoms with E-state index in [0.717, 1.165) is 0 Å². The number of nitrogens with zero attached hydrogens (tertiary/aromatic N) is 3. The summed E-state index contributed by atoms with van der Waals surface area (Å²) in [5, 5.41) is 0. The zero-order valence-corrected chi connectivity index (χ0v) is 14.3. The SMILES string of the molecule is CN(C)c1cccc2c1N(C)c1ccccc1N2c1ccccc1. The summed E-state index contributed by atoms with van der Waals surface area (Å²) in [6.45, 7) is 0. The van der Waals surface area contributed by atoms with E-state index >= 15 is 0 Å². The molecule has 3 heteroatoms. The summed E-state index contributed by atoms with van der Waals surface area (Å²) in [5.41, 5.74) is 7.23. The second kappa shape index (κ2) is 5.60. The standard InChI is InChI=1S/C21H21N3/c1-22(2)19-14-9-15-20-21(19)23(3)17-12-7-8-13-18(17)24(20)16-10-5-4-6-11-16/h4-15H,1-3H3. The number of fused-ring (bicyclic) bond motifs is 2. The summed E-state index contributed by atoms with van der Waals surface area (Å²) in [6, 6.07) is 25.6. The Morgan fingerprint density at radius 1 is 0.667 bits per heavy atom. The molecule has 0 atom stereocenters. The van der Waals surface area contributed by atoms with Crippen LogP contribution in [0.15, 0.2) is 72.8 Å². The largest absolute Gasteiger partial charge is 0.376 e. The number of para-hydroxylation sites is 4. The first-order chi connectivity index (χ1) is 11.7. The lowest BCUT2D eigenvalue weighted by atomic mass is 10.0. The Kier molecular flexibility index (Phi) is 3.42. The highest BCUT2D eigenvalue weighted by atomic mass is 15.3. The first kappa shape index (κ1) is 14.6. The summed E-state index contributed by atoms with van der Waals surface area (Å²) in [7, 11) is 6.33. The molecule has 0 N–H and O–H groups in total. The Morgan fingerprint density at radius 2 is 1.29 bits per heavy atom. The molecule has 0 unspecified atom stereocenters. The minimum atomic E-state index is 1.18. The molecular formula is C21H21N3. The lowest BCUT2D eigenvalue weighted by Crippen LogP contribution is -2.26. The van der Waals surface area contributed by atoms with Gasteiger partial charge in [-0.25, -0.2) is 0 Å². The Morgan fingerprint density at radius 3 is 2.00 bits per heavy atom. The van der Waals surface area contributed by atoms with Gasteiger partial charge in [0.05, 0.1) is 28.4 Å². The molecule has 0 radical (unpaired) electrons. The second-order valence-corrected chi connectivity index (χ2v) is 6.26. The molecular weight excluding hydrogens is 294 g/mol. The van der Waals surface area contributed by atoms with E-state index in [1.54, 1.807) is 0 Å². The third-order valence-corrected chi connectivity index (χ3v) is 4.55. The van der Waals surface area contributed by atoms with Crippen LogP contribution in [0, 0.1) is 0 Å². The number of hydrogen-bond donors (Lipinski definition) is 0. The van der Waals surface area contributed by atoms with Crippen LogP contribution in [-0.4, -0.2) is 21.1 Å². The molecule has 1 aliphatic rings. The fourth-order valence-electron chi connectivity index (χ4n) is 3.45. The van der Waals surface area contributed by atoms with Gasteiger partial charge >= 0.3 is 0 Å². The van der Waals surface area contributed by atoms with Crippen molar-refractivity contribution in [2.24, 2.45) is 0 Å². The van der Waals surface area contributed by atoms with Crippen molar-refractivity contribution in [3.05, 3.63) is 72.8 Å². The van der Waals surface area contributed by atoms with Crippen molar-refractivity contribution in [1.82, 2.24) is 0 Å². The number of hydrogen-bond acceptors (Lipinski definition) is 3. The average molecular weight is 315 g/mol. The van der Waals surface area contributed by atoms with Crippen LogP contribution in [0.2, 0.25) is 0 Å². The number of rotatable bonds is 2. The van der Waals surface area contributed by atoms with Gasteiger partial charge in [0.1, 0.15) is 0 Å². The van der Waals surface area contributed by atoms with Gasteiger partial charge in [-0.1, -0.05) is 36.4 Å². The molecule has 4 rings (SSSR count). The summed E-state index contributed by atoms with van der Waals surface area (Å²) in [5.74, 6) is 0. The quantitative estimate of drug-likeness (QED) is 0.635. The van der Waals surface area contributed by atoms with Crippen molar-refractivity contribution in [2.45, 2.75) is 0 Å². The van der Waals surface area contributed by atoms with E-state index in [1.807, 2.05) is 0 Å². The number of benzene rings is 3. The summed E-state index contributed by atoms with van der Waals surface area (Å²) < 4.78 is 0. The molecule has 0 saturated carbocycles. The van der Waals surface area contributed by atoms with Crippen molar-refractivity contribution in [3.63, 3.8) is 0 Å². The van der Waals surface area contributed by atoms with Crippen LogP contribution < -0.4 is 14.7 Å². The van der Waals surface area contributed by atoms with Gasteiger partial charge in [-0.05, 0) is 36.4 Å². The number of anilines is 6. The van der Waals surface area contributed by atoms with E-state index in [-0.39, 0.29) is 0 Å². The molecule has 1 aliphatic heterocycles. The molecule has 3 aromatic rings. The Labute approximate surface area is 143 Å². The lowest BCUT2D eigenvalue weighted by Gasteiger charge is -2.40. The summed E-state index contributed by atoms with van der Waals surface area (Å²) in [6.07, 6.45) is 0. The maximum atomic E-state index is 2.34. The van der Waals surface area contributed by atoms with Crippen LogP contribution in [0.25, 0.3) is 0 Å². The van der Waals surface area contributed by atoms with Crippen LogP contribution in [0.4, 0.5) is 34.1 Å². The van der Waals surface area contributed by atoms with Gasteiger partial charge in [0.25, 0.3) is 0 Å². The minimum Gasteiger partial charge on any atom is -0.376 e. The van der Waals surface area contributed by atoms with Crippen LogP contribution >= 0.6 is 0 Å². The molecule has 3 aromatic carbocycles. The normalized spacial score (nSPS) is 12.6. The molecule has 120 valence electrons. The van der Waals surface area contributed by atoms with Crippen LogP contribution in [0.3, 0.4) is 0 Å². The maximum Gasteiger partial charge on any atom is 0.0891 e. The van der Waals surface area contributed by atoms with Gasteiger partial charge < -0.3 is 14.7 Å². The first-order valence-corrected chi connectivity index (χ1v) is 8.17. The van der Waals surface area contributed by atoms with Crippen LogP contribution in [0.5, 0.6) is 0 Å².